The first-order valence-corrected chi connectivity index (χ1v) is 6.21. The van der Waals surface area contributed by atoms with Crippen LogP contribution in [0.5, 0.6) is 0 Å². The molecule has 1 aromatic rings. The van der Waals surface area contributed by atoms with Crippen LogP contribution in [0, 0.1) is 0 Å². The van der Waals surface area contributed by atoms with Crippen LogP contribution in [0.25, 0.3) is 0 Å². The number of rotatable bonds is 3. The molecule has 1 N–H and O–H groups in total. The van der Waals surface area contributed by atoms with Crippen molar-refractivity contribution in [1.82, 2.24) is 9.88 Å². The molecule has 0 radical (unpaired) electrons. The van der Waals surface area contributed by atoms with E-state index in [-0.39, 0.29) is 5.91 Å². The van der Waals surface area contributed by atoms with Crippen LogP contribution in [0.4, 0.5) is 0 Å². The largest absolute Gasteiger partial charge is 0.384 e. The molecule has 0 unspecified atom stereocenters. The molecule has 0 saturated heterocycles. The lowest BCUT2D eigenvalue weighted by atomic mass is 10.0. The Labute approximate surface area is 110 Å². The van der Waals surface area contributed by atoms with Crippen LogP contribution in [-0.4, -0.2) is 27.9 Å². The summed E-state index contributed by atoms with van der Waals surface area (Å²) in [4.78, 5) is 17.0. The molecule has 1 heterocycles. The number of hydrogen-bond acceptors (Lipinski definition) is 3. The Bertz CT molecular complexity index is 384. The van der Waals surface area contributed by atoms with E-state index in [0.29, 0.717) is 12.2 Å². The van der Waals surface area contributed by atoms with Gasteiger partial charge in [-0.05, 0) is 26.0 Å². The van der Waals surface area contributed by atoms with Crippen molar-refractivity contribution in [2.75, 3.05) is 7.05 Å². The molecule has 0 aliphatic carbocycles. The van der Waals surface area contributed by atoms with Crippen LogP contribution in [0.3, 0.4) is 0 Å². The Kier molecular flexibility index (Phi) is 6.55. The summed E-state index contributed by atoms with van der Waals surface area (Å²) in [6, 6.07) is 5.45. The van der Waals surface area contributed by atoms with Gasteiger partial charge in [0.1, 0.15) is 5.60 Å². The highest BCUT2D eigenvalue weighted by atomic mass is 16.3. The number of aromatic nitrogens is 1. The Morgan fingerprint density at radius 2 is 1.94 bits per heavy atom. The first kappa shape index (κ1) is 16.6. The standard InChI is InChI=1S/C12H18N2O2.C2H6/c1-9(15)14(4)8-10-6-5-7-11(13-10)12(2,3)16;1-2/h5-7,16H,8H2,1-4H3;1-2H3. The van der Waals surface area contributed by atoms with Gasteiger partial charge in [-0.1, -0.05) is 19.9 Å². The van der Waals surface area contributed by atoms with Crippen molar-refractivity contribution in [1.29, 1.82) is 0 Å². The topological polar surface area (TPSA) is 53.4 Å². The lowest BCUT2D eigenvalue weighted by molar-refractivity contribution is -0.128. The van der Waals surface area contributed by atoms with Gasteiger partial charge in [-0.25, -0.2) is 0 Å². The van der Waals surface area contributed by atoms with Crippen molar-refractivity contribution in [3.63, 3.8) is 0 Å². The fourth-order valence-corrected chi connectivity index (χ4v) is 1.26. The molecule has 0 fully saturated rings. The lowest BCUT2D eigenvalue weighted by Gasteiger charge is -2.19. The van der Waals surface area contributed by atoms with Crippen molar-refractivity contribution in [2.24, 2.45) is 0 Å². The molecule has 0 aliphatic heterocycles. The van der Waals surface area contributed by atoms with E-state index in [1.165, 1.54) is 6.92 Å². The van der Waals surface area contributed by atoms with Gasteiger partial charge in [-0.15, -0.1) is 0 Å². The highest BCUT2D eigenvalue weighted by Crippen LogP contribution is 2.17. The number of amides is 1. The average Bonchev–Trinajstić information content (AvgIpc) is 2.30. The monoisotopic (exact) mass is 252 g/mol. The van der Waals surface area contributed by atoms with Crippen LogP contribution < -0.4 is 0 Å². The highest BCUT2D eigenvalue weighted by molar-refractivity contribution is 5.72. The molecule has 102 valence electrons. The summed E-state index contributed by atoms with van der Waals surface area (Å²) in [6.07, 6.45) is 0. The minimum absolute atomic E-state index is 0.00420. The molecule has 4 nitrogen and oxygen atoms in total. The van der Waals surface area contributed by atoms with E-state index in [9.17, 15) is 9.90 Å². The second-order valence-electron chi connectivity index (χ2n) is 4.45. The van der Waals surface area contributed by atoms with Crippen molar-refractivity contribution < 1.29 is 9.90 Å². The van der Waals surface area contributed by atoms with E-state index in [2.05, 4.69) is 4.98 Å². The van der Waals surface area contributed by atoms with Gasteiger partial charge in [-0.2, -0.15) is 0 Å². The summed E-state index contributed by atoms with van der Waals surface area (Å²) in [6.45, 7) is 9.35. The molecule has 0 bridgehead atoms. The minimum atomic E-state index is -0.954. The molecule has 0 atom stereocenters. The Balaban J connectivity index is 0.00000137. The molecule has 0 aliphatic rings. The van der Waals surface area contributed by atoms with E-state index in [1.54, 1.807) is 31.9 Å². The third-order valence-corrected chi connectivity index (χ3v) is 2.37. The Hall–Kier alpha value is -1.42. The number of nitrogens with zero attached hydrogens (tertiary/aromatic N) is 2. The molecule has 18 heavy (non-hydrogen) atoms. The lowest BCUT2D eigenvalue weighted by Crippen LogP contribution is -2.25. The molecule has 0 spiro atoms. The zero-order valence-corrected chi connectivity index (χ0v) is 12.2. The van der Waals surface area contributed by atoms with Gasteiger partial charge in [0.2, 0.25) is 5.91 Å². The normalized spacial score (nSPS) is 10.4. The smallest absolute Gasteiger partial charge is 0.219 e. The summed E-state index contributed by atoms with van der Waals surface area (Å²) in [7, 11) is 1.72. The number of hydrogen-bond donors (Lipinski definition) is 1. The third kappa shape index (κ3) is 5.27. The van der Waals surface area contributed by atoms with Crippen molar-refractivity contribution >= 4 is 5.91 Å². The van der Waals surface area contributed by atoms with Crippen LogP contribution in [0.1, 0.15) is 46.0 Å². The minimum Gasteiger partial charge on any atom is -0.384 e. The maximum Gasteiger partial charge on any atom is 0.219 e. The first-order valence-electron chi connectivity index (χ1n) is 6.21. The Morgan fingerprint density at radius 3 is 2.39 bits per heavy atom. The molecule has 1 rings (SSSR count). The predicted molar refractivity (Wildman–Crippen MR) is 73.0 cm³/mol. The highest BCUT2D eigenvalue weighted by Gasteiger charge is 2.18. The predicted octanol–water partition coefficient (Wildman–Crippen LogP) is 2.31. The van der Waals surface area contributed by atoms with Gasteiger partial charge in [0.05, 0.1) is 17.9 Å². The van der Waals surface area contributed by atoms with Crippen LogP contribution >= 0.6 is 0 Å². The zero-order chi connectivity index (χ0) is 14.3. The number of pyridine rings is 1. The van der Waals surface area contributed by atoms with E-state index in [4.69, 9.17) is 0 Å². The Morgan fingerprint density at radius 1 is 1.39 bits per heavy atom. The molecular formula is C14H24N2O2. The number of carbonyl (C=O) groups excluding carboxylic acids is 1. The third-order valence-electron chi connectivity index (χ3n) is 2.37. The molecule has 1 aromatic heterocycles. The van der Waals surface area contributed by atoms with Crippen molar-refractivity contribution in [2.45, 2.75) is 46.8 Å². The van der Waals surface area contributed by atoms with E-state index in [0.717, 1.165) is 5.69 Å². The number of aliphatic hydroxyl groups is 1. The first-order chi connectivity index (χ1) is 8.30. The van der Waals surface area contributed by atoms with Gasteiger partial charge in [0, 0.05) is 14.0 Å². The average molecular weight is 252 g/mol. The fourth-order valence-electron chi connectivity index (χ4n) is 1.26. The molecule has 4 heteroatoms. The fraction of sp³-hybridized carbons (Fsp3) is 0.571. The van der Waals surface area contributed by atoms with Crippen molar-refractivity contribution in [3.8, 4) is 0 Å². The number of carbonyl (C=O) groups is 1. The van der Waals surface area contributed by atoms with Crippen LogP contribution in [0.15, 0.2) is 18.2 Å². The maximum atomic E-state index is 11.1. The maximum absolute atomic E-state index is 11.1. The molecule has 0 aromatic carbocycles. The molecular weight excluding hydrogens is 228 g/mol. The summed E-state index contributed by atoms with van der Waals surface area (Å²) in [5.74, 6) is -0.00420. The van der Waals surface area contributed by atoms with Gasteiger partial charge < -0.3 is 10.0 Å². The van der Waals surface area contributed by atoms with E-state index < -0.39 is 5.60 Å². The van der Waals surface area contributed by atoms with E-state index >= 15 is 0 Å². The molecule has 1 amide bonds. The summed E-state index contributed by atoms with van der Waals surface area (Å²) < 4.78 is 0. The second-order valence-corrected chi connectivity index (χ2v) is 4.45. The SMILES string of the molecule is CC.CC(=O)N(C)Cc1cccc(C(C)(C)O)n1. The van der Waals surface area contributed by atoms with Gasteiger partial charge in [0.15, 0.2) is 0 Å². The van der Waals surface area contributed by atoms with E-state index in [1.807, 2.05) is 26.0 Å². The van der Waals surface area contributed by atoms with Gasteiger partial charge in [0.25, 0.3) is 0 Å². The zero-order valence-electron chi connectivity index (χ0n) is 12.2. The summed E-state index contributed by atoms with van der Waals surface area (Å²) >= 11 is 0. The summed E-state index contributed by atoms with van der Waals surface area (Å²) in [5, 5.41) is 9.81. The quantitative estimate of drug-likeness (QED) is 0.898. The van der Waals surface area contributed by atoms with Crippen LogP contribution in [-0.2, 0) is 16.9 Å². The van der Waals surface area contributed by atoms with Gasteiger partial charge in [-0.3, -0.25) is 9.78 Å². The second kappa shape index (κ2) is 7.11. The van der Waals surface area contributed by atoms with Crippen molar-refractivity contribution in [3.05, 3.63) is 29.6 Å². The molecule has 0 saturated carbocycles. The van der Waals surface area contributed by atoms with Gasteiger partial charge >= 0.3 is 0 Å². The summed E-state index contributed by atoms with van der Waals surface area (Å²) in [5.41, 5.74) is 0.435. The van der Waals surface area contributed by atoms with Crippen LogP contribution in [0.2, 0.25) is 0 Å².